The molecule has 1 aliphatic rings. The highest BCUT2D eigenvalue weighted by Gasteiger charge is 2.27. The number of nitrogens with one attached hydrogen (secondary N) is 1. The third-order valence-corrected chi connectivity index (χ3v) is 9.78. The summed E-state index contributed by atoms with van der Waals surface area (Å²) in [5.41, 5.74) is 3.18. The van der Waals surface area contributed by atoms with E-state index in [4.69, 9.17) is 14.5 Å². The number of nitrogens with zero attached hydrogens (tertiary/aromatic N) is 4. The highest BCUT2D eigenvalue weighted by atomic mass is 32.2. The normalized spacial score (nSPS) is 14.9. The highest BCUT2D eigenvalue weighted by Crippen LogP contribution is 2.30. The van der Waals surface area contributed by atoms with Crippen molar-refractivity contribution in [2.45, 2.75) is 17.4 Å². The van der Waals surface area contributed by atoms with Crippen molar-refractivity contribution in [3.8, 4) is 17.0 Å². The molecule has 0 aliphatic carbocycles. The first-order chi connectivity index (χ1) is 22.6. The van der Waals surface area contributed by atoms with Gasteiger partial charge < -0.3 is 19.7 Å². The maximum absolute atomic E-state index is 14.2. The number of morpholine rings is 1. The lowest BCUT2D eigenvalue weighted by Gasteiger charge is -2.29. The van der Waals surface area contributed by atoms with Crippen LogP contribution >= 0.6 is 0 Å². The molecule has 47 heavy (non-hydrogen) atoms. The zero-order chi connectivity index (χ0) is 33.6. The van der Waals surface area contributed by atoms with Gasteiger partial charge in [-0.15, -0.1) is 0 Å². The van der Waals surface area contributed by atoms with E-state index in [0.717, 1.165) is 17.2 Å². The lowest BCUT2D eigenvalue weighted by Crippen LogP contribution is -2.45. The topological polar surface area (TPSA) is 113 Å². The molecule has 5 rings (SSSR count). The van der Waals surface area contributed by atoms with Gasteiger partial charge in [-0.2, -0.15) is 4.31 Å². The summed E-state index contributed by atoms with van der Waals surface area (Å²) in [6.45, 7) is 1.21. The zero-order valence-electron chi connectivity index (χ0n) is 26.2. The largest absolute Gasteiger partial charge is 0.481 e. The lowest BCUT2D eigenvalue weighted by atomic mass is 10.0. The number of aromatic nitrogens is 1. The van der Waals surface area contributed by atoms with Crippen LogP contribution in [0.25, 0.3) is 11.1 Å². The van der Waals surface area contributed by atoms with Crippen molar-refractivity contribution in [3.05, 3.63) is 102 Å². The molecule has 1 fully saturated rings. The Labute approximate surface area is 272 Å². The van der Waals surface area contributed by atoms with E-state index < -0.39 is 27.7 Å². The smallest absolute Gasteiger partial charge is 0.243 e. The van der Waals surface area contributed by atoms with Crippen LogP contribution in [0.2, 0.25) is 0 Å². The Bertz CT molecular complexity index is 1830. The lowest BCUT2D eigenvalue weighted by molar-refractivity contribution is 0.0730. The Morgan fingerprint density at radius 2 is 1.72 bits per heavy atom. The minimum atomic E-state index is -3.72. The van der Waals surface area contributed by atoms with Crippen LogP contribution in [0.5, 0.6) is 5.88 Å². The van der Waals surface area contributed by atoms with Crippen LogP contribution < -0.4 is 15.0 Å². The minimum Gasteiger partial charge on any atom is -0.481 e. The van der Waals surface area contributed by atoms with Crippen molar-refractivity contribution in [3.63, 3.8) is 0 Å². The Balaban J connectivity index is 1.57. The number of likely N-dealkylation sites (N-methyl/N-ethyl adjacent to an activating group) is 2. The van der Waals surface area contributed by atoms with E-state index in [-0.39, 0.29) is 24.4 Å². The Morgan fingerprint density at radius 3 is 2.32 bits per heavy atom. The van der Waals surface area contributed by atoms with Gasteiger partial charge in [0.25, 0.3) is 0 Å². The molecule has 0 spiro atoms. The number of carbonyl (C=O) groups is 1. The summed E-state index contributed by atoms with van der Waals surface area (Å²) >= 11 is 0. The van der Waals surface area contributed by atoms with E-state index in [1.807, 2.05) is 6.07 Å². The van der Waals surface area contributed by atoms with Gasteiger partial charge in [0.15, 0.2) is 6.29 Å². The van der Waals surface area contributed by atoms with E-state index >= 15 is 0 Å². The molecule has 0 radical (unpaired) electrons. The number of rotatable bonds is 11. The van der Waals surface area contributed by atoms with Crippen LogP contribution in [0, 0.1) is 11.6 Å². The average molecular weight is 664 g/mol. The molecular weight excluding hydrogens is 628 g/mol. The monoisotopic (exact) mass is 663 g/mol. The average Bonchev–Trinajstić information content (AvgIpc) is 3.09. The van der Waals surface area contributed by atoms with E-state index in [1.54, 1.807) is 61.6 Å². The summed E-state index contributed by atoms with van der Waals surface area (Å²) in [5.74, 6) is -0.547. The standard InChI is InChI=1S/C34H35F2N5O5S/c1-37-32(18-23-16-27(35)20-28(36)17-23)34(39-31-19-24(4-5-26(31)22-42)25-6-11-33(45-3)38-21-25)40(2)29-7-9-30(10-8-29)47(43,44)41-12-14-46-15-13-41/h4-11,16-17,19-22,32,37H,12-15,18H2,1-3H3/b39-34-. The number of hydrogen-bond acceptors (Lipinski definition) is 8. The van der Waals surface area contributed by atoms with Crippen LogP contribution in [-0.2, 0) is 21.2 Å². The minimum absolute atomic E-state index is 0.138. The summed E-state index contributed by atoms with van der Waals surface area (Å²) in [5, 5.41) is 3.19. The van der Waals surface area contributed by atoms with Gasteiger partial charge in [0, 0.05) is 55.3 Å². The SMILES string of the molecule is CNC(Cc1cc(F)cc(F)c1)/C(=N/c1cc(-c2ccc(OC)nc2)ccc1C=O)N(C)c1ccc(S(=O)(=O)N2CCOCC2)cc1. The molecule has 13 heteroatoms. The summed E-state index contributed by atoms with van der Waals surface area (Å²) in [4.78, 5) is 23.3. The fourth-order valence-electron chi connectivity index (χ4n) is 5.30. The molecule has 1 aromatic heterocycles. The molecule has 10 nitrogen and oxygen atoms in total. The van der Waals surface area contributed by atoms with Crippen LogP contribution in [0.15, 0.2) is 88.9 Å². The van der Waals surface area contributed by atoms with Gasteiger partial charge >= 0.3 is 0 Å². The molecule has 1 aliphatic heterocycles. The Morgan fingerprint density at radius 1 is 1.04 bits per heavy atom. The summed E-state index contributed by atoms with van der Waals surface area (Å²) in [6, 6.07) is 17.9. The number of methoxy groups -OCH3 is 1. The maximum Gasteiger partial charge on any atom is 0.243 e. The molecule has 0 bridgehead atoms. The van der Waals surface area contributed by atoms with Gasteiger partial charge in [-0.25, -0.2) is 27.2 Å². The molecule has 0 amide bonds. The van der Waals surface area contributed by atoms with Crippen LogP contribution in [0.4, 0.5) is 20.2 Å². The molecule has 246 valence electrons. The second-order valence-electron chi connectivity index (χ2n) is 10.8. The van der Waals surface area contributed by atoms with Crippen LogP contribution in [-0.4, -0.2) is 83.4 Å². The number of pyridine rings is 1. The van der Waals surface area contributed by atoms with Crippen LogP contribution in [0.3, 0.4) is 0 Å². The first-order valence-corrected chi connectivity index (χ1v) is 16.3. The molecule has 2 heterocycles. The third-order valence-electron chi connectivity index (χ3n) is 7.87. The number of aldehydes is 1. The van der Waals surface area contributed by atoms with Crippen molar-refractivity contribution < 1.29 is 31.5 Å². The van der Waals surface area contributed by atoms with Crippen LogP contribution in [0.1, 0.15) is 15.9 Å². The first-order valence-electron chi connectivity index (χ1n) is 14.8. The number of anilines is 1. The van der Waals surface area contributed by atoms with Gasteiger partial charge in [0.2, 0.25) is 15.9 Å². The second kappa shape index (κ2) is 14.9. The van der Waals surface area contributed by atoms with Crippen molar-refractivity contribution in [2.75, 3.05) is 52.4 Å². The zero-order valence-corrected chi connectivity index (χ0v) is 27.0. The Hall–Kier alpha value is -4.56. The van der Waals surface area contributed by atoms with Gasteiger partial charge in [0.1, 0.15) is 17.5 Å². The highest BCUT2D eigenvalue weighted by molar-refractivity contribution is 7.89. The number of amidine groups is 1. The molecule has 3 aromatic carbocycles. The molecule has 0 saturated carbocycles. The number of sulfonamides is 1. The maximum atomic E-state index is 14.2. The van der Waals surface area contributed by atoms with E-state index in [9.17, 15) is 22.0 Å². The molecular formula is C34H35F2N5O5S. The molecule has 4 aromatic rings. The number of ether oxygens (including phenoxy) is 2. The van der Waals surface area contributed by atoms with Crippen molar-refractivity contribution in [1.29, 1.82) is 0 Å². The predicted octanol–water partition coefficient (Wildman–Crippen LogP) is 4.87. The predicted molar refractivity (Wildman–Crippen MR) is 176 cm³/mol. The van der Waals surface area contributed by atoms with Crippen molar-refractivity contribution >= 4 is 33.5 Å². The molecule has 1 atom stereocenters. The van der Waals surface area contributed by atoms with Gasteiger partial charge in [-0.05, 0) is 79.2 Å². The second-order valence-corrected chi connectivity index (χ2v) is 12.8. The van der Waals surface area contributed by atoms with Crippen molar-refractivity contribution in [2.24, 2.45) is 4.99 Å². The van der Waals surface area contributed by atoms with E-state index in [1.165, 1.54) is 35.7 Å². The number of benzene rings is 3. The van der Waals surface area contributed by atoms with Gasteiger partial charge in [0.05, 0.1) is 36.9 Å². The van der Waals surface area contributed by atoms with Gasteiger partial charge in [-0.1, -0.05) is 6.07 Å². The number of halogens is 2. The quantitative estimate of drug-likeness (QED) is 0.138. The fraction of sp³-hybridized carbons (Fsp3) is 0.265. The first kappa shape index (κ1) is 33.8. The number of hydrogen-bond donors (Lipinski definition) is 1. The van der Waals surface area contributed by atoms with Crippen molar-refractivity contribution in [1.82, 2.24) is 14.6 Å². The fourth-order valence-corrected chi connectivity index (χ4v) is 6.71. The molecule has 1 N–H and O–H groups in total. The summed E-state index contributed by atoms with van der Waals surface area (Å²) in [6.07, 6.45) is 2.50. The summed E-state index contributed by atoms with van der Waals surface area (Å²) < 4.78 is 66.6. The third kappa shape index (κ3) is 7.88. The Kier molecular flexibility index (Phi) is 10.7. The summed E-state index contributed by atoms with van der Waals surface area (Å²) in [7, 11) is 1.25. The molecule has 1 unspecified atom stereocenters. The van der Waals surface area contributed by atoms with E-state index in [0.29, 0.717) is 53.7 Å². The molecule has 1 saturated heterocycles. The number of aliphatic imine (C=N–C) groups is 1. The van der Waals surface area contributed by atoms with E-state index in [2.05, 4.69) is 10.3 Å². The number of carbonyl (C=O) groups excluding carboxylic acids is 1. The van der Waals surface area contributed by atoms with Gasteiger partial charge in [-0.3, -0.25) is 4.79 Å².